The van der Waals surface area contributed by atoms with E-state index in [0.29, 0.717) is 42.2 Å². The number of fused-ring (bicyclic) bond motifs is 1. The number of carbonyl (C=O) groups excluding carboxylic acids is 2. The summed E-state index contributed by atoms with van der Waals surface area (Å²) in [6.45, 7) is 8.09. The highest BCUT2D eigenvalue weighted by Gasteiger charge is 2.46. The summed E-state index contributed by atoms with van der Waals surface area (Å²) in [6, 6.07) is 15.8. The van der Waals surface area contributed by atoms with E-state index in [0.717, 1.165) is 23.3 Å². The van der Waals surface area contributed by atoms with Crippen molar-refractivity contribution in [3.63, 3.8) is 0 Å². The molecule has 3 atom stereocenters. The lowest BCUT2D eigenvalue weighted by Gasteiger charge is -2.38. The molecule has 36 heavy (non-hydrogen) atoms. The van der Waals surface area contributed by atoms with Crippen LogP contribution in [0, 0.1) is 5.92 Å². The molecule has 1 unspecified atom stereocenters. The molecule has 1 aliphatic heterocycles. The highest BCUT2D eigenvalue weighted by molar-refractivity contribution is 6.12. The van der Waals surface area contributed by atoms with Gasteiger partial charge in [0, 0.05) is 23.7 Å². The molecule has 0 amide bonds. The highest BCUT2D eigenvalue weighted by atomic mass is 16.5. The molecule has 1 heterocycles. The van der Waals surface area contributed by atoms with Crippen LogP contribution in [0.1, 0.15) is 69.9 Å². The topological polar surface area (TPSA) is 74.2 Å². The molecule has 0 N–H and O–H groups in total. The largest absolute Gasteiger partial charge is 0.493 e. The van der Waals surface area contributed by atoms with Gasteiger partial charge >= 0.3 is 5.97 Å². The van der Waals surface area contributed by atoms with Crippen LogP contribution in [0.15, 0.2) is 64.8 Å². The van der Waals surface area contributed by atoms with E-state index >= 15 is 0 Å². The zero-order chi connectivity index (χ0) is 25.8. The second-order valence-corrected chi connectivity index (χ2v) is 9.75. The number of ketones is 1. The number of Topliss-reactive ketones (excluding diaryl/α,β-unsaturated/α-hetero) is 1. The van der Waals surface area contributed by atoms with Gasteiger partial charge in [0.2, 0.25) is 0 Å². The Labute approximate surface area is 213 Å². The number of esters is 1. The summed E-state index contributed by atoms with van der Waals surface area (Å²) < 4.78 is 17.1. The van der Waals surface area contributed by atoms with E-state index in [2.05, 4.69) is 12.1 Å². The number of hydrogen-bond acceptors (Lipinski definition) is 6. The number of rotatable bonds is 8. The van der Waals surface area contributed by atoms with Crippen LogP contribution in [-0.2, 0) is 14.3 Å². The van der Waals surface area contributed by atoms with Gasteiger partial charge in [0.05, 0.1) is 31.3 Å². The summed E-state index contributed by atoms with van der Waals surface area (Å²) in [5.41, 5.74) is 3.81. The minimum Gasteiger partial charge on any atom is -0.493 e. The van der Waals surface area contributed by atoms with Crippen LogP contribution in [0.2, 0.25) is 0 Å². The Balaban J connectivity index is 1.79. The quantitative estimate of drug-likeness (QED) is 0.425. The van der Waals surface area contributed by atoms with Crippen molar-refractivity contribution in [3.8, 4) is 11.5 Å². The molecule has 0 saturated heterocycles. The van der Waals surface area contributed by atoms with E-state index in [1.807, 2.05) is 64.1 Å². The molecule has 0 radical (unpaired) electrons. The average Bonchev–Trinajstić information content (AvgIpc) is 2.86. The van der Waals surface area contributed by atoms with Crippen LogP contribution in [0.5, 0.6) is 11.5 Å². The monoisotopic (exact) mass is 489 g/mol. The fourth-order valence-electron chi connectivity index (χ4n) is 5.25. The van der Waals surface area contributed by atoms with Crippen molar-refractivity contribution in [1.82, 2.24) is 0 Å². The van der Waals surface area contributed by atoms with Crippen LogP contribution in [0.25, 0.3) is 0 Å². The summed E-state index contributed by atoms with van der Waals surface area (Å²) in [5.74, 6) is -0.0723. The van der Waals surface area contributed by atoms with Crippen molar-refractivity contribution in [2.24, 2.45) is 10.9 Å². The van der Waals surface area contributed by atoms with E-state index in [4.69, 9.17) is 19.2 Å². The second kappa shape index (κ2) is 11.1. The van der Waals surface area contributed by atoms with Gasteiger partial charge in [-0.25, -0.2) is 4.79 Å². The van der Waals surface area contributed by atoms with Crippen LogP contribution in [-0.4, -0.2) is 37.3 Å². The van der Waals surface area contributed by atoms with Gasteiger partial charge in [0.15, 0.2) is 11.5 Å². The number of hydrogen-bond donors (Lipinski definition) is 0. The molecule has 2 aliphatic rings. The van der Waals surface area contributed by atoms with Gasteiger partial charge in [-0.3, -0.25) is 9.79 Å². The molecule has 0 aromatic heterocycles. The molecular weight excluding hydrogens is 454 g/mol. The van der Waals surface area contributed by atoms with Gasteiger partial charge in [0.25, 0.3) is 0 Å². The summed E-state index contributed by atoms with van der Waals surface area (Å²) in [7, 11) is 1.59. The molecule has 190 valence electrons. The van der Waals surface area contributed by atoms with Gasteiger partial charge in [-0.05, 0) is 62.8 Å². The first-order valence-electron chi connectivity index (χ1n) is 12.7. The number of methoxy groups -OCH3 is 1. The molecule has 1 fully saturated rings. The number of ether oxygens (including phenoxy) is 3. The average molecular weight is 490 g/mol. The molecule has 2 aromatic rings. The SMILES string of the molecule is CCCOc1ccc([C@H]2C(C(=O)OC(C)C)=C(C)N=C3C[C@@H](c4ccccc4)CC(=O)C32)cc1OC. The van der Waals surface area contributed by atoms with Crippen LogP contribution in [0.4, 0.5) is 0 Å². The van der Waals surface area contributed by atoms with Crippen LogP contribution >= 0.6 is 0 Å². The molecule has 2 aromatic carbocycles. The maximum atomic E-state index is 13.7. The molecular formula is C30H35NO5. The Morgan fingerprint density at radius 2 is 1.78 bits per heavy atom. The first-order chi connectivity index (χ1) is 17.3. The third-order valence-electron chi connectivity index (χ3n) is 6.80. The van der Waals surface area contributed by atoms with E-state index < -0.39 is 17.8 Å². The molecule has 1 saturated carbocycles. The number of aliphatic imine (C=N–C) groups is 1. The number of carbonyl (C=O) groups is 2. The van der Waals surface area contributed by atoms with Crippen molar-refractivity contribution in [1.29, 1.82) is 0 Å². The minimum atomic E-state index is -0.518. The zero-order valence-corrected chi connectivity index (χ0v) is 21.7. The lowest BCUT2D eigenvalue weighted by atomic mass is 9.66. The molecule has 1 aliphatic carbocycles. The lowest BCUT2D eigenvalue weighted by Crippen LogP contribution is -2.41. The van der Waals surface area contributed by atoms with E-state index in [1.165, 1.54) is 0 Å². The summed E-state index contributed by atoms with van der Waals surface area (Å²) in [4.78, 5) is 31.9. The first-order valence-corrected chi connectivity index (χ1v) is 12.7. The Hall–Kier alpha value is -3.41. The standard InChI is InChI=1S/C30H35NO5/c1-6-14-35-25-13-12-21(17-26(25)34-5)28-27(30(33)36-18(2)3)19(4)31-23-15-22(16-24(32)29(23)28)20-10-8-7-9-11-20/h7-13,17-18,22,28-29H,6,14-16H2,1-5H3/t22-,28+,29?/m1/s1. The van der Waals surface area contributed by atoms with E-state index in [9.17, 15) is 9.59 Å². The number of allylic oxidation sites excluding steroid dienone is 1. The Bertz CT molecular complexity index is 1180. The fraction of sp³-hybridized carbons (Fsp3) is 0.433. The molecule has 6 heteroatoms. The molecule has 4 rings (SSSR count). The third-order valence-corrected chi connectivity index (χ3v) is 6.80. The second-order valence-electron chi connectivity index (χ2n) is 9.75. The first kappa shape index (κ1) is 25.7. The Kier molecular flexibility index (Phi) is 7.92. The zero-order valence-electron chi connectivity index (χ0n) is 21.7. The van der Waals surface area contributed by atoms with E-state index in [-0.39, 0.29) is 17.8 Å². The lowest BCUT2D eigenvalue weighted by molar-refractivity contribution is -0.143. The summed E-state index contributed by atoms with van der Waals surface area (Å²) >= 11 is 0. The van der Waals surface area contributed by atoms with Crippen LogP contribution < -0.4 is 9.47 Å². The molecule has 6 nitrogen and oxygen atoms in total. The fourth-order valence-corrected chi connectivity index (χ4v) is 5.25. The van der Waals surface area contributed by atoms with Crippen molar-refractivity contribution < 1.29 is 23.8 Å². The minimum absolute atomic E-state index is 0.0747. The molecule has 0 bridgehead atoms. The maximum absolute atomic E-state index is 13.7. The van der Waals surface area contributed by atoms with Crippen molar-refractivity contribution in [2.75, 3.05) is 13.7 Å². The molecule has 0 spiro atoms. The predicted molar refractivity (Wildman–Crippen MR) is 140 cm³/mol. The Morgan fingerprint density at radius 3 is 2.44 bits per heavy atom. The van der Waals surface area contributed by atoms with Crippen LogP contribution in [0.3, 0.4) is 0 Å². The van der Waals surface area contributed by atoms with Gasteiger partial charge in [-0.1, -0.05) is 43.3 Å². The normalized spacial score (nSPS) is 21.7. The summed E-state index contributed by atoms with van der Waals surface area (Å²) in [6.07, 6.45) is 1.67. The van der Waals surface area contributed by atoms with E-state index in [1.54, 1.807) is 7.11 Å². The predicted octanol–water partition coefficient (Wildman–Crippen LogP) is 6.01. The smallest absolute Gasteiger partial charge is 0.336 e. The van der Waals surface area contributed by atoms with Crippen molar-refractivity contribution >= 4 is 17.5 Å². The summed E-state index contributed by atoms with van der Waals surface area (Å²) in [5, 5.41) is 0. The highest BCUT2D eigenvalue weighted by Crippen LogP contribution is 2.47. The third kappa shape index (κ3) is 5.23. The van der Waals surface area contributed by atoms with Crippen molar-refractivity contribution in [2.45, 2.75) is 64.9 Å². The van der Waals surface area contributed by atoms with Gasteiger partial charge in [0.1, 0.15) is 5.78 Å². The van der Waals surface area contributed by atoms with Gasteiger partial charge < -0.3 is 14.2 Å². The number of benzene rings is 2. The van der Waals surface area contributed by atoms with Gasteiger partial charge in [-0.2, -0.15) is 0 Å². The number of nitrogens with zero attached hydrogens (tertiary/aromatic N) is 1. The van der Waals surface area contributed by atoms with Crippen molar-refractivity contribution in [3.05, 3.63) is 70.9 Å². The maximum Gasteiger partial charge on any atom is 0.336 e. The van der Waals surface area contributed by atoms with Gasteiger partial charge in [-0.15, -0.1) is 0 Å². The Morgan fingerprint density at radius 1 is 1.03 bits per heavy atom.